The first kappa shape index (κ1) is 26.7. The van der Waals surface area contributed by atoms with Crippen LogP contribution in [0, 0.1) is 11.7 Å². The van der Waals surface area contributed by atoms with Crippen molar-refractivity contribution in [1.29, 1.82) is 0 Å². The molecule has 0 unspecified atom stereocenters. The summed E-state index contributed by atoms with van der Waals surface area (Å²) in [5.41, 5.74) is 0.972. The minimum absolute atomic E-state index is 0.0479. The second-order valence-corrected chi connectivity index (χ2v) is 10.9. The number of rotatable bonds is 9. The van der Waals surface area contributed by atoms with E-state index >= 15 is 0 Å². The van der Waals surface area contributed by atoms with E-state index in [0.717, 1.165) is 0 Å². The van der Waals surface area contributed by atoms with Gasteiger partial charge in [0.1, 0.15) is 11.6 Å². The maximum absolute atomic E-state index is 13.1. The molecular formula is C25H30FN5O5S. The summed E-state index contributed by atoms with van der Waals surface area (Å²) in [7, 11) is -2.26. The highest BCUT2D eigenvalue weighted by Gasteiger charge is 2.27. The molecule has 0 radical (unpaired) electrons. The number of aromatic nitrogens is 2. The largest absolute Gasteiger partial charge is 0.495 e. The minimum Gasteiger partial charge on any atom is -0.495 e. The monoisotopic (exact) mass is 531 g/mol. The number of ether oxygens (including phenoxy) is 1. The van der Waals surface area contributed by atoms with E-state index in [4.69, 9.17) is 9.26 Å². The van der Waals surface area contributed by atoms with Crippen LogP contribution in [0.1, 0.15) is 32.6 Å². The third kappa shape index (κ3) is 6.70. The smallest absolute Gasteiger partial charge is 0.241 e. The fraction of sp³-hybridized carbons (Fsp3) is 0.400. The van der Waals surface area contributed by atoms with E-state index in [1.807, 2.05) is 0 Å². The number of sulfonamides is 1. The van der Waals surface area contributed by atoms with E-state index in [9.17, 15) is 17.6 Å². The lowest BCUT2D eigenvalue weighted by molar-refractivity contribution is -0.121. The van der Waals surface area contributed by atoms with Crippen molar-refractivity contribution in [3.05, 3.63) is 54.2 Å². The van der Waals surface area contributed by atoms with Crippen molar-refractivity contribution in [2.45, 2.75) is 44.2 Å². The Kier molecular flexibility index (Phi) is 8.20. The van der Waals surface area contributed by atoms with E-state index in [-0.39, 0.29) is 28.6 Å². The second-order valence-electron chi connectivity index (χ2n) is 9.20. The van der Waals surface area contributed by atoms with Crippen LogP contribution in [0.5, 0.6) is 5.75 Å². The Morgan fingerprint density at radius 1 is 1.19 bits per heavy atom. The summed E-state index contributed by atoms with van der Waals surface area (Å²) in [6, 6.07) is 9.98. The highest BCUT2D eigenvalue weighted by Crippen LogP contribution is 2.29. The quantitative estimate of drug-likeness (QED) is 0.430. The zero-order valence-electron chi connectivity index (χ0n) is 20.9. The summed E-state index contributed by atoms with van der Waals surface area (Å²) in [6.07, 6.45) is 1.22. The molecule has 3 aromatic rings. The van der Waals surface area contributed by atoms with Crippen LogP contribution in [-0.2, 0) is 21.4 Å². The van der Waals surface area contributed by atoms with Crippen molar-refractivity contribution in [2.24, 2.45) is 5.92 Å². The predicted molar refractivity (Wildman–Crippen MR) is 135 cm³/mol. The molecule has 37 heavy (non-hydrogen) atoms. The predicted octanol–water partition coefficient (Wildman–Crippen LogP) is 3.42. The zero-order valence-corrected chi connectivity index (χ0v) is 21.7. The lowest BCUT2D eigenvalue weighted by Gasteiger charge is -2.30. The fourth-order valence-electron chi connectivity index (χ4n) is 4.14. The van der Waals surface area contributed by atoms with Crippen molar-refractivity contribution in [3.63, 3.8) is 0 Å². The van der Waals surface area contributed by atoms with Crippen LogP contribution in [0.15, 0.2) is 51.9 Å². The molecule has 0 bridgehead atoms. The normalized spacial score (nSPS) is 15.2. The number of carbonyl (C=O) groups is 1. The van der Waals surface area contributed by atoms with Crippen molar-refractivity contribution in [2.75, 3.05) is 25.5 Å². The van der Waals surface area contributed by atoms with Crippen LogP contribution in [0.4, 0.5) is 10.1 Å². The van der Waals surface area contributed by atoms with Gasteiger partial charge in [-0.2, -0.15) is 4.98 Å². The van der Waals surface area contributed by atoms with Gasteiger partial charge in [0.25, 0.3) is 0 Å². The molecule has 10 nitrogen and oxygen atoms in total. The zero-order chi connectivity index (χ0) is 26.6. The van der Waals surface area contributed by atoms with E-state index < -0.39 is 10.0 Å². The first-order chi connectivity index (χ1) is 17.6. The standard InChI is InChI=1S/C25H30FN5O5S/c1-16(2)30-37(33,34)20-8-9-22(35-3)21(14-20)27-25(32)18-10-12-31(13-11-18)15-23-28-24(29-36-23)17-4-6-19(26)7-5-17/h4-9,14,16,18,30H,10-13,15H2,1-3H3,(H,27,32). The Labute approximate surface area is 215 Å². The second kappa shape index (κ2) is 11.4. The van der Waals surface area contributed by atoms with E-state index in [0.29, 0.717) is 61.2 Å². The third-order valence-electron chi connectivity index (χ3n) is 6.02. The Morgan fingerprint density at radius 2 is 1.89 bits per heavy atom. The first-order valence-electron chi connectivity index (χ1n) is 12.0. The molecule has 0 saturated carbocycles. The Bertz CT molecular complexity index is 1340. The van der Waals surface area contributed by atoms with Gasteiger partial charge in [-0.05, 0) is 82.2 Å². The van der Waals surface area contributed by atoms with Crippen LogP contribution in [0.25, 0.3) is 11.4 Å². The number of likely N-dealkylation sites (tertiary alicyclic amines) is 1. The fourth-order valence-corrected chi connectivity index (χ4v) is 5.42. The Hall–Kier alpha value is -3.35. The van der Waals surface area contributed by atoms with Gasteiger partial charge in [-0.3, -0.25) is 9.69 Å². The number of piperidine rings is 1. The van der Waals surface area contributed by atoms with Crippen LogP contribution < -0.4 is 14.8 Å². The minimum atomic E-state index is -3.72. The highest BCUT2D eigenvalue weighted by molar-refractivity contribution is 7.89. The number of anilines is 1. The molecular weight excluding hydrogens is 501 g/mol. The van der Waals surface area contributed by atoms with Crippen LogP contribution >= 0.6 is 0 Å². The van der Waals surface area contributed by atoms with Crippen LogP contribution in [-0.4, -0.2) is 55.6 Å². The number of nitrogens with zero attached hydrogens (tertiary/aromatic N) is 3. The summed E-state index contributed by atoms with van der Waals surface area (Å²) in [4.78, 5) is 19.6. The molecule has 2 aromatic carbocycles. The van der Waals surface area contributed by atoms with Gasteiger partial charge >= 0.3 is 0 Å². The van der Waals surface area contributed by atoms with Gasteiger partial charge in [0.15, 0.2) is 0 Å². The topological polar surface area (TPSA) is 127 Å². The summed E-state index contributed by atoms with van der Waals surface area (Å²) < 4.78 is 51.5. The summed E-state index contributed by atoms with van der Waals surface area (Å²) in [5.74, 6) is 0.445. The number of nitrogens with one attached hydrogen (secondary N) is 2. The molecule has 2 N–H and O–H groups in total. The number of amides is 1. The molecule has 12 heteroatoms. The lowest BCUT2D eigenvalue weighted by atomic mass is 9.96. The number of hydrogen-bond acceptors (Lipinski definition) is 8. The molecule has 1 amide bonds. The Balaban J connectivity index is 1.35. The maximum Gasteiger partial charge on any atom is 0.241 e. The number of hydrogen-bond donors (Lipinski definition) is 2. The molecule has 1 aliphatic rings. The molecule has 0 atom stereocenters. The molecule has 1 aromatic heterocycles. The average molecular weight is 532 g/mol. The van der Waals surface area contributed by atoms with Gasteiger partial charge in [-0.25, -0.2) is 17.5 Å². The molecule has 1 fully saturated rings. The summed E-state index contributed by atoms with van der Waals surface area (Å²) >= 11 is 0. The number of benzene rings is 2. The van der Waals surface area contributed by atoms with Crippen molar-refractivity contribution in [1.82, 2.24) is 19.8 Å². The van der Waals surface area contributed by atoms with Crippen molar-refractivity contribution in [3.8, 4) is 17.1 Å². The third-order valence-corrected chi connectivity index (χ3v) is 7.67. The van der Waals surface area contributed by atoms with Gasteiger partial charge in [0, 0.05) is 17.5 Å². The molecule has 198 valence electrons. The first-order valence-corrected chi connectivity index (χ1v) is 13.4. The Morgan fingerprint density at radius 3 is 2.54 bits per heavy atom. The van der Waals surface area contributed by atoms with Gasteiger partial charge in [0.2, 0.25) is 27.6 Å². The maximum atomic E-state index is 13.1. The van der Waals surface area contributed by atoms with Gasteiger partial charge in [0.05, 0.1) is 24.2 Å². The molecule has 4 rings (SSSR count). The molecule has 1 aliphatic heterocycles. The van der Waals surface area contributed by atoms with Crippen molar-refractivity contribution >= 4 is 21.6 Å². The van der Waals surface area contributed by atoms with Gasteiger partial charge in [-0.15, -0.1) is 0 Å². The van der Waals surface area contributed by atoms with Gasteiger partial charge in [-0.1, -0.05) is 5.16 Å². The van der Waals surface area contributed by atoms with E-state index in [2.05, 4.69) is 25.1 Å². The van der Waals surface area contributed by atoms with Gasteiger partial charge < -0.3 is 14.6 Å². The summed E-state index contributed by atoms with van der Waals surface area (Å²) in [5, 5.41) is 6.81. The van der Waals surface area contributed by atoms with Crippen LogP contribution in [0.3, 0.4) is 0 Å². The molecule has 2 heterocycles. The highest BCUT2D eigenvalue weighted by atomic mass is 32.2. The number of halogens is 1. The number of methoxy groups -OCH3 is 1. The van der Waals surface area contributed by atoms with Crippen LogP contribution in [0.2, 0.25) is 0 Å². The average Bonchev–Trinajstić information content (AvgIpc) is 3.32. The lowest BCUT2D eigenvalue weighted by Crippen LogP contribution is -2.38. The van der Waals surface area contributed by atoms with E-state index in [1.165, 1.54) is 37.4 Å². The van der Waals surface area contributed by atoms with Crippen molar-refractivity contribution < 1.29 is 26.9 Å². The molecule has 1 saturated heterocycles. The SMILES string of the molecule is COc1ccc(S(=O)(=O)NC(C)C)cc1NC(=O)C1CCN(Cc2nc(-c3ccc(F)cc3)no2)CC1. The molecule has 0 spiro atoms. The molecule has 0 aliphatic carbocycles. The number of carbonyl (C=O) groups excluding carboxylic acids is 1. The van der Waals surface area contributed by atoms with E-state index in [1.54, 1.807) is 26.0 Å². The summed E-state index contributed by atoms with van der Waals surface area (Å²) in [6.45, 7) is 5.21.